The maximum absolute atomic E-state index is 13.3. The predicted molar refractivity (Wildman–Crippen MR) is 90.8 cm³/mol. The molecule has 0 fully saturated rings. The third-order valence-electron chi connectivity index (χ3n) is 4.08. The van der Waals surface area contributed by atoms with Crippen molar-refractivity contribution in [3.63, 3.8) is 0 Å². The number of hydrogen-bond donors (Lipinski definition) is 1. The molecule has 1 amide bonds. The number of halogens is 2. The number of nitrogens with zero attached hydrogens (tertiary/aromatic N) is 1. The molecule has 0 radical (unpaired) electrons. The average Bonchev–Trinajstić information content (AvgIpc) is 2.61. The van der Waals surface area contributed by atoms with Gasteiger partial charge < -0.3 is 5.32 Å². The lowest BCUT2D eigenvalue weighted by molar-refractivity contribution is 0.0934. The van der Waals surface area contributed by atoms with Crippen LogP contribution in [0.3, 0.4) is 0 Å². The van der Waals surface area contributed by atoms with Gasteiger partial charge in [0, 0.05) is 12.1 Å². The van der Waals surface area contributed by atoms with Crippen molar-refractivity contribution >= 4 is 5.91 Å². The van der Waals surface area contributed by atoms with E-state index < -0.39 is 17.5 Å². The highest BCUT2D eigenvalue weighted by molar-refractivity contribution is 5.94. The van der Waals surface area contributed by atoms with E-state index in [2.05, 4.69) is 24.1 Å². The fourth-order valence-electron chi connectivity index (χ4n) is 2.73. The zero-order valence-corrected chi connectivity index (χ0v) is 13.9. The van der Waals surface area contributed by atoms with E-state index in [0.717, 1.165) is 30.8 Å². The number of benzene rings is 2. The van der Waals surface area contributed by atoms with E-state index >= 15 is 0 Å². The summed E-state index contributed by atoms with van der Waals surface area (Å²) in [5, 5.41) is 2.82. The van der Waals surface area contributed by atoms with Gasteiger partial charge in [0.1, 0.15) is 0 Å². The number of carbonyl (C=O) groups excluding carboxylic acids is 1. The average molecular weight is 332 g/mol. The minimum atomic E-state index is -1.02. The molecule has 0 heterocycles. The van der Waals surface area contributed by atoms with Gasteiger partial charge >= 0.3 is 0 Å². The van der Waals surface area contributed by atoms with Gasteiger partial charge in [0.05, 0.1) is 6.04 Å². The first kappa shape index (κ1) is 18.1. The maximum atomic E-state index is 13.3. The number of likely N-dealkylation sites (N-methyl/N-ethyl adjacent to an activating group) is 1. The highest BCUT2D eigenvalue weighted by Gasteiger charge is 2.19. The second kappa shape index (κ2) is 8.55. The third-order valence-corrected chi connectivity index (χ3v) is 4.08. The molecular formula is C19H22F2N2O. The Hall–Kier alpha value is -2.27. The topological polar surface area (TPSA) is 32.3 Å². The fraction of sp³-hybridized carbons (Fsp3) is 0.316. The Labute approximate surface area is 141 Å². The van der Waals surface area contributed by atoms with Crippen molar-refractivity contribution in [3.8, 4) is 0 Å². The molecule has 2 aromatic carbocycles. The van der Waals surface area contributed by atoms with E-state index in [1.165, 1.54) is 6.07 Å². The first-order valence-electron chi connectivity index (χ1n) is 8.09. The summed E-state index contributed by atoms with van der Waals surface area (Å²) in [4.78, 5) is 14.5. The molecule has 3 nitrogen and oxygen atoms in total. The SMILES string of the molecule is CCN(CC)[C@H](CNC(=O)c1ccc(F)c(F)c1)c1ccccc1. The molecule has 0 saturated heterocycles. The van der Waals surface area contributed by atoms with Crippen molar-refractivity contribution in [1.29, 1.82) is 0 Å². The standard InChI is InChI=1S/C19H22F2N2O/c1-3-23(4-2)18(14-8-6-5-7-9-14)13-22-19(24)15-10-11-16(20)17(21)12-15/h5-12,18H,3-4,13H2,1-2H3,(H,22,24)/t18-/m1/s1. The van der Waals surface area contributed by atoms with Crippen LogP contribution in [0.5, 0.6) is 0 Å². The quantitative estimate of drug-likeness (QED) is 0.837. The Balaban J connectivity index is 2.12. The monoisotopic (exact) mass is 332 g/mol. The summed E-state index contributed by atoms with van der Waals surface area (Å²) in [6.45, 7) is 6.21. The lowest BCUT2D eigenvalue weighted by Crippen LogP contribution is -2.38. The smallest absolute Gasteiger partial charge is 0.251 e. The summed E-state index contributed by atoms with van der Waals surface area (Å²) < 4.78 is 26.3. The fourth-order valence-corrected chi connectivity index (χ4v) is 2.73. The molecule has 0 aliphatic heterocycles. The summed E-state index contributed by atoms with van der Waals surface area (Å²) in [6, 6.07) is 13.1. The van der Waals surface area contributed by atoms with E-state index in [1.807, 2.05) is 30.3 Å². The molecule has 5 heteroatoms. The van der Waals surface area contributed by atoms with E-state index in [-0.39, 0.29) is 11.6 Å². The summed E-state index contributed by atoms with van der Waals surface area (Å²) in [5.74, 6) is -2.40. The number of nitrogens with one attached hydrogen (secondary N) is 1. The van der Waals surface area contributed by atoms with Crippen LogP contribution in [0.15, 0.2) is 48.5 Å². The van der Waals surface area contributed by atoms with Crippen LogP contribution < -0.4 is 5.32 Å². The zero-order valence-electron chi connectivity index (χ0n) is 13.9. The van der Waals surface area contributed by atoms with Gasteiger partial charge in [-0.1, -0.05) is 44.2 Å². The second-order valence-electron chi connectivity index (χ2n) is 5.49. The molecule has 24 heavy (non-hydrogen) atoms. The predicted octanol–water partition coefficient (Wildman–Crippen LogP) is 3.78. The second-order valence-corrected chi connectivity index (χ2v) is 5.49. The van der Waals surface area contributed by atoms with Crippen molar-refractivity contribution in [1.82, 2.24) is 10.2 Å². The number of hydrogen-bond acceptors (Lipinski definition) is 2. The normalized spacial score (nSPS) is 12.2. The first-order chi connectivity index (χ1) is 11.6. The highest BCUT2D eigenvalue weighted by Crippen LogP contribution is 2.19. The van der Waals surface area contributed by atoms with Crippen LogP contribution in [-0.2, 0) is 0 Å². The zero-order chi connectivity index (χ0) is 17.5. The van der Waals surface area contributed by atoms with Gasteiger partial charge in [-0.25, -0.2) is 8.78 Å². The van der Waals surface area contributed by atoms with Crippen molar-refractivity contribution in [2.75, 3.05) is 19.6 Å². The van der Waals surface area contributed by atoms with Crippen LogP contribution in [0, 0.1) is 11.6 Å². The number of rotatable bonds is 7. The van der Waals surface area contributed by atoms with Crippen LogP contribution in [0.1, 0.15) is 35.8 Å². The van der Waals surface area contributed by atoms with Crippen molar-refractivity contribution in [2.24, 2.45) is 0 Å². The van der Waals surface area contributed by atoms with E-state index in [1.54, 1.807) is 0 Å². The Morgan fingerprint density at radius 1 is 1.04 bits per heavy atom. The van der Waals surface area contributed by atoms with E-state index in [9.17, 15) is 13.6 Å². The molecule has 0 unspecified atom stereocenters. The molecule has 2 rings (SSSR count). The van der Waals surface area contributed by atoms with Crippen LogP contribution in [0.25, 0.3) is 0 Å². The summed E-state index contributed by atoms with van der Waals surface area (Å²) >= 11 is 0. The molecule has 0 spiro atoms. The van der Waals surface area contributed by atoms with Gasteiger partial charge in [0.25, 0.3) is 5.91 Å². The van der Waals surface area contributed by atoms with E-state index in [4.69, 9.17) is 0 Å². The van der Waals surface area contributed by atoms with Crippen LogP contribution >= 0.6 is 0 Å². The molecule has 1 N–H and O–H groups in total. The molecule has 2 aromatic rings. The summed E-state index contributed by atoms with van der Waals surface area (Å²) in [5.41, 5.74) is 1.21. The molecule has 0 bridgehead atoms. The lowest BCUT2D eigenvalue weighted by atomic mass is 10.0. The molecule has 0 aromatic heterocycles. The molecular weight excluding hydrogens is 310 g/mol. The minimum absolute atomic E-state index is 0.0236. The molecule has 0 aliphatic rings. The maximum Gasteiger partial charge on any atom is 0.251 e. The van der Waals surface area contributed by atoms with Gasteiger partial charge in [-0.3, -0.25) is 9.69 Å². The van der Waals surface area contributed by atoms with Crippen LogP contribution in [0.2, 0.25) is 0 Å². The van der Waals surface area contributed by atoms with Crippen LogP contribution in [-0.4, -0.2) is 30.4 Å². The van der Waals surface area contributed by atoms with Gasteiger partial charge in [-0.15, -0.1) is 0 Å². The molecule has 0 aliphatic carbocycles. The van der Waals surface area contributed by atoms with E-state index in [0.29, 0.717) is 6.54 Å². The Morgan fingerprint density at radius 3 is 2.29 bits per heavy atom. The van der Waals surface area contributed by atoms with Crippen molar-refractivity contribution in [2.45, 2.75) is 19.9 Å². The van der Waals surface area contributed by atoms with Crippen molar-refractivity contribution in [3.05, 3.63) is 71.3 Å². The number of carbonyl (C=O) groups is 1. The first-order valence-corrected chi connectivity index (χ1v) is 8.09. The summed E-state index contributed by atoms with van der Waals surface area (Å²) in [6.07, 6.45) is 0. The van der Waals surface area contributed by atoms with Crippen LogP contribution in [0.4, 0.5) is 8.78 Å². The molecule has 1 atom stereocenters. The molecule has 0 saturated carbocycles. The van der Waals surface area contributed by atoms with Crippen molar-refractivity contribution < 1.29 is 13.6 Å². The van der Waals surface area contributed by atoms with Gasteiger partial charge in [0.15, 0.2) is 11.6 Å². The Morgan fingerprint density at radius 2 is 1.71 bits per heavy atom. The lowest BCUT2D eigenvalue weighted by Gasteiger charge is -2.30. The largest absolute Gasteiger partial charge is 0.350 e. The Bertz CT molecular complexity index is 672. The summed E-state index contributed by atoms with van der Waals surface area (Å²) in [7, 11) is 0. The molecule has 128 valence electrons. The van der Waals surface area contributed by atoms with Gasteiger partial charge in [-0.05, 0) is 36.9 Å². The number of amides is 1. The highest BCUT2D eigenvalue weighted by atomic mass is 19.2. The Kier molecular flexibility index (Phi) is 6.44. The van der Waals surface area contributed by atoms with Gasteiger partial charge in [-0.2, -0.15) is 0 Å². The third kappa shape index (κ3) is 4.38. The van der Waals surface area contributed by atoms with Gasteiger partial charge in [0.2, 0.25) is 0 Å². The minimum Gasteiger partial charge on any atom is -0.350 e.